The standard InChI is InChI=1S/C35H26N2O3/c1-23-36-29-15-9-14-25(35(29)37(23)22-30(38)24-10-3-2-4-11-24)18-19-28(33-20-26-12-5-7-16-31(26)39-33)34-21-27-13-6-8-17-32(27)40-34/h2-17,19-21H,18,22H2,1H3. The maximum atomic E-state index is 13.1. The third-order valence-corrected chi connectivity index (χ3v) is 7.35. The number of imidazole rings is 1. The van der Waals surface area contributed by atoms with Crippen LogP contribution >= 0.6 is 0 Å². The van der Waals surface area contributed by atoms with Crippen molar-refractivity contribution in [1.29, 1.82) is 0 Å². The number of fused-ring (bicyclic) bond motifs is 3. The van der Waals surface area contributed by atoms with E-state index in [-0.39, 0.29) is 12.3 Å². The number of carbonyl (C=O) groups is 1. The summed E-state index contributed by atoms with van der Waals surface area (Å²) in [5.41, 5.74) is 6.14. The van der Waals surface area contributed by atoms with Gasteiger partial charge in [0.2, 0.25) is 0 Å². The molecule has 40 heavy (non-hydrogen) atoms. The maximum absolute atomic E-state index is 13.1. The fraction of sp³-hybridized carbons (Fsp3) is 0.0857. The molecule has 0 saturated carbocycles. The Kier molecular flexibility index (Phi) is 5.90. The first kappa shape index (κ1) is 23.9. The first-order valence-corrected chi connectivity index (χ1v) is 13.3. The molecule has 0 spiro atoms. The predicted octanol–water partition coefficient (Wildman–Crippen LogP) is 8.39. The lowest BCUT2D eigenvalue weighted by atomic mass is 10.0. The molecule has 4 aromatic carbocycles. The molecule has 0 radical (unpaired) electrons. The van der Waals surface area contributed by atoms with Crippen LogP contribution in [0.3, 0.4) is 0 Å². The van der Waals surface area contributed by atoms with Gasteiger partial charge in [0.15, 0.2) is 5.78 Å². The normalized spacial score (nSPS) is 11.4. The second-order valence-corrected chi connectivity index (χ2v) is 9.94. The molecule has 194 valence electrons. The topological polar surface area (TPSA) is 61.2 Å². The zero-order valence-corrected chi connectivity index (χ0v) is 22.0. The van der Waals surface area contributed by atoms with Crippen molar-refractivity contribution in [3.8, 4) is 0 Å². The van der Waals surface area contributed by atoms with Gasteiger partial charge in [0.05, 0.1) is 23.2 Å². The average molecular weight is 523 g/mol. The van der Waals surface area contributed by atoms with Crippen LogP contribution in [0, 0.1) is 6.92 Å². The van der Waals surface area contributed by atoms with Crippen LogP contribution in [0.15, 0.2) is 124 Å². The van der Waals surface area contributed by atoms with Gasteiger partial charge >= 0.3 is 0 Å². The van der Waals surface area contributed by atoms with Crippen LogP contribution < -0.4 is 0 Å². The lowest BCUT2D eigenvalue weighted by Gasteiger charge is -2.10. The number of nitrogens with zero attached hydrogens (tertiary/aromatic N) is 2. The predicted molar refractivity (Wildman–Crippen MR) is 158 cm³/mol. The number of aryl methyl sites for hydroxylation is 1. The van der Waals surface area contributed by atoms with Crippen molar-refractivity contribution in [2.45, 2.75) is 19.9 Å². The average Bonchev–Trinajstić information content (AvgIpc) is 3.69. The van der Waals surface area contributed by atoms with Crippen LogP contribution in [0.2, 0.25) is 0 Å². The number of para-hydroxylation sites is 3. The van der Waals surface area contributed by atoms with E-state index in [1.54, 1.807) is 0 Å². The van der Waals surface area contributed by atoms with Gasteiger partial charge in [0.25, 0.3) is 0 Å². The van der Waals surface area contributed by atoms with E-state index in [9.17, 15) is 4.79 Å². The van der Waals surface area contributed by atoms with Crippen molar-refractivity contribution < 1.29 is 13.6 Å². The monoisotopic (exact) mass is 522 g/mol. The molecule has 0 aliphatic carbocycles. The smallest absolute Gasteiger partial charge is 0.182 e. The maximum Gasteiger partial charge on any atom is 0.182 e. The minimum Gasteiger partial charge on any atom is -0.456 e. The van der Waals surface area contributed by atoms with Crippen molar-refractivity contribution in [3.63, 3.8) is 0 Å². The van der Waals surface area contributed by atoms with Crippen LogP contribution in [0.4, 0.5) is 0 Å². The van der Waals surface area contributed by atoms with Crippen molar-refractivity contribution in [2.75, 3.05) is 0 Å². The fourth-order valence-electron chi connectivity index (χ4n) is 5.36. The van der Waals surface area contributed by atoms with E-state index in [2.05, 4.69) is 24.3 Å². The number of rotatable bonds is 7. The number of hydrogen-bond acceptors (Lipinski definition) is 4. The van der Waals surface area contributed by atoms with E-state index >= 15 is 0 Å². The molecule has 0 atom stereocenters. The molecule has 0 N–H and O–H groups in total. The van der Waals surface area contributed by atoms with Gasteiger partial charge in [0.1, 0.15) is 28.5 Å². The molecule has 3 aromatic heterocycles. The Balaban J connectivity index is 1.32. The molecular weight excluding hydrogens is 496 g/mol. The van der Waals surface area contributed by atoms with Crippen LogP contribution in [0.25, 0.3) is 38.5 Å². The molecule has 0 amide bonds. The van der Waals surface area contributed by atoms with Crippen LogP contribution in [-0.2, 0) is 13.0 Å². The Morgan fingerprint density at radius 1 is 0.775 bits per heavy atom. The molecule has 0 aliphatic heterocycles. The lowest BCUT2D eigenvalue weighted by Crippen LogP contribution is -2.12. The zero-order valence-electron chi connectivity index (χ0n) is 22.0. The minimum atomic E-state index is 0.0542. The third-order valence-electron chi connectivity index (χ3n) is 7.35. The van der Waals surface area contributed by atoms with Gasteiger partial charge in [-0.3, -0.25) is 4.79 Å². The molecule has 7 rings (SSSR count). The van der Waals surface area contributed by atoms with Crippen LogP contribution in [0.5, 0.6) is 0 Å². The second-order valence-electron chi connectivity index (χ2n) is 9.94. The molecule has 0 fully saturated rings. The Morgan fingerprint density at radius 2 is 1.40 bits per heavy atom. The summed E-state index contributed by atoms with van der Waals surface area (Å²) >= 11 is 0. The molecule has 7 aromatic rings. The molecule has 0 aliphatic rings. The second kappa shape index (κ2) is 9.86. The zero-order chi connectivity index (χ0) is 27.1. The van der Waals surface area contributed by atoms with Gasteiger partial charge in [-0.15, -0.1) is 0 Å². The van der Waals surface area contributed by atoms with Crippen molar-refractivity contribution in [3.05, 3.63) is 144 Å². The summed E-state index contributed by atoms with van der Waals surface area (Å²) in [6, 6.07) is 35.6. The molecule has 5 nitrogen and oxygen atoms in total. The number of ketones is 1. The molecule has 3 heterocycles. The van der Waals surface area contributed by atoms with Gasteiger partial charge in [-0.2, -0.15) is 0 Å². The SMILES string of the molecule is Cc1nc2cccc(CC=C(c3cc4ccccc4o3)c3cc4ccccc4o3)c2n1CC(=O)c1ccccc1. The first-order chi connectivity index (χ1) is 19.6. The van der Waals surface area contributed by atoms with Crippen molar-refractivity contribution in [2.24, 2.45) is 0 Å². The number of Topliss-reactive ketones (excluding diaryl/α,β-unsaturated/α-hetero) is 1. The third kappa shape index (κ3) is 4.31. The van der Waals surface area contributed by atoms with Crippen LogP contribution in [-0.4, -0.2) is 15.3 Å². The van der Waals surface area contributed by atoms with E-state index in [0.29, 0.717) is 12.0 Å². The molecule has 0 saturated heterocycles. The fourth-order valence-corrected chi connectivity index (χ4v) is 5.36. The molecule has 0 bridgehead atoms. The number of aromatic nitrogens is 2. The number of carbonyl (C=O) groups excluding carboxylic acids is 1. The first-order valence-electron chi connectivity index (χ1n) is 13.3. The van der Waals surface area contributed by atoms with E-state index in [4.69, 9.17) is 13.8 Å². The largest absolute Gasteiger partial charge is 0.456 e. The van der Waals surface area contributed by atoms with Gasteiger partial charge in [-0.05, 0) is 49.2 Å². The highest BCUT2D eigenvalue weighted by molar-refractivity contribution is 5.97. The Bertz CT molecular complexity index is 1900. The number of hydrogen-bond donors (Lipinski definition) is 0. The number of benzene rings is 4. The van der Waals surface area contributed by atoms with E-state index in [0.717, 1.165) is 61.5 Å². The highest BCUT2D eigenvalue weighted by atomic mass is 16.4. The Morgan fingerprint density at radius 3 is 2.05 bits per heavy atom. The quantitative estimate of drug-likeness (QED) is 0.197. The summed E-state index contributed by atoms with van der Waals surface area (Å²) in [5, 5.41) is 2.07. The summed E-state index contributed by atoms with van der Waals surface area (Å²) in [6.45, 7) is 2.18. The highest BCUT2D eigenvalue weighted by Crippen LogP contribution is 2.33. The molecule has 0 unspecified atom stereocenters. The Hall–Kier alpha value is -5.16. The Labute approximate surface area is 231 Å². The molecule has 5 heteroatoms. The summed E-state index contributed by atoms with van der Waals surface area (Å²) < 4.78 is 14.6. The summed E-state index contributed by atoms with van der Waals surface area (Å²) in [5.74, 6) is 2.36. The van der Waals surface area contributed by atoms with E-state index in [1.165, 1.54) is 0 Å². The number of furan rings is 2. The highest BCUT2D eigenvalue weighted by Gasteiger charge is 2.18. The molecular formula is C35H26N2O3. The van der Waals surface area contributed by atoms with Gasteiger partial charge in [-0.25, -0.2) is 4.98 Å². The van der Waals surface area contributed by atoms with Gasteiger partial charge in [0, 0.05) is 16.3 Å². The summed E-state index contributed by atoms with van der Waals surface area (Å²) in [7, 11) is 0. The number of allylic oxidation sites excluding steroid dienone is 1. The van der Waals surface area contributed by atoms with Crippen molar-refractivity contribution >= 4 is 44.3 Å². The van der Waals surface area contributed by atoms with Crippen LogP contribution in [0.1, 0.15) is 33.3 Å². The minimum absolute atomic E-state index is 0.0542. The van der Waals surface area contributed by atoms with E-state index < -0.39 is 0 Å². The summed E-state index contributed by atoms with van der Waals surface area (Å²) in [4.78, 5) is 17.9. The van der Waals surface area contributed by atoms with E-state index in [1.807, 2.05) is 102 Å². The van der Waals surface area contributed by atoms with Gasteiger partial charge < -0.3 is 13.4 Å². The summed E-state index contributed by atoms with van der Waals surface area (Å²) in [6.07, 6.45) is 2.75. The lowest BCUT2D eigenvalue weighted by molar-refractivity contribution is 0.0972. The van der Waals surface area contributed by atoms with Gasteiger partial charge in [-0.1, -0.05) is 84.9 Å². The van der Waals surface area contributed by atoms with Crippen molar-refractivity contribution in [1.82, 2.24) is 9.55 Å².